The maximum atomic E-state index is 11.5. The SMILES string of the molecule is CCOC(=O)C(C)=C1CCN(C(C)C)C1. The first kappa shape index (κ1) is 12.2. The van der Waals surface area contributed by atoms with Gasteiger partial charge in [0.1, 0.15) is 0 Å². The molecule has 0 unspecified atom stereocenters. The summed E-state index contributed by atoms with van der Waals surface area (Å²) in [7, 11) is 0. The Bertz CT molecular complexity index is 269. The number of hydrogen-bond donors (Lipinski definition) is 0. The Kier molecular flexibility index (Phi) is 4.33. The molecule has 0 aromatic carbocycles. The summed E-state index contributed by atoms with van der Waals surface area (Å²) in [5.41, 5.74) is 2.04. The summed E-state index contributed by atoms with van der Waals surface area (Å²) < 4.78 is 5.00. The second kappa shape index (κ2) is 5.31. The number of likely N-dealkylation sites (tertiary alicyclic amines) is 1. The van der Waals surface area contributed by atoms with Gasteiger partial charge >= 0.3 is 5.97 Å². The largest absolute Gasteiger partial charge is 0.463 e. The highest BCUT2D eigenvalue weighted by Crippen LogP contribution is 2.21. The van der Waals surface area contributed by atoms with Crippen LogP contribution in [0.4, 0.5) is 0 Å². The molecule has 1 fully saturated rings. The molecule has 0 bridgehead atoms. The molecule has 1 rings (SSSR count). The van der Waals surface area contributed by atoms with Crippen LogP contribution in [0.2, 0.25) is 0 Å². The predicted molar refractivity (Wildman–Crippen MR) is 60.7 cm³/mol. The Hall–Kier alpha value is -0.830. The first-order chi connectivity index (χ1) is 7.06. The number of carbonyl (C=O) groups excluding carboxylic acids is 1. The van der Waals surface area contributed by atoms with E-state index < -0.39 is 0 Å². The topological polar surface area (TPSA) is 29.5 Å². The van der Waals surface area contributed by atoms with E-state index in [1.165, 1.54) is 5.57 Å². The Morgan fingerprint density at radius 2 is 2.20 bits per heavy atom. The van der Waals surface area contributed by atoms with E-state index >= 15 is 0 Å². The summed E-state index contributed by atoms with van der Waals surface area (Å²) in [4.78, 5) is 13.9. The van der Waals surface area contributed by atoms with Crippen molar-refractivity contribution in [2.45, 2.75) is 40.2 Å². The molecule has 0 atom stereocenters. The summed E-state index contributed by atoms with van der Waals surface area (Å²) in [6, 6.07) is 0.553. The van der Waals surface area contributed by atoms with Crippen LogP contribution < -0.4 is 0 Å². The molecule has 0 spiro atoms. The third kappa shape index (κ3) is 3.06. The zero-order chi connectivity index (χ0) is 11.4. The molecule has 3 nitrogen and oxygen atoms in total. The van der Waals surface area contributed by atoms with Crippen LogP contribution in [0.25, 0.3) is 0 Å². The molecule has 0 aromatic heterocycles. The van der Waals surface area contributed by atoms with Crippen molar-refractivity contribution in [2.24, 2.45) is 0 Å². The monoisotopic (exact) mass is 211 g/mol. The Morgan fingerprint density at radius 1 is 1.53 bits per heavy atom. The Balaban J connectivity index is 2.64. The second-order valence-electron chi connectivity index (χ2n) is 4.26. The van der Waals surface area contributed by atoms with Gasteiger partial charge in [-0.05, 0) is 39.7 Å². The standard InChI is InChI=1S/C12H21NO2/c1-5-15-12(14)10(4)11-6-7-13(8-11)9(2)3/h9H,5-8H2,1-4H3. The molecule has 86 valence electrons. The van der Waals surface area contributed by atoms with E-state index in [1.54, 1.807) is 0 Å². The van der Waals surface area contributed by atoms with Crippen LogP contribution in [0, 0.1) is 0 Å². The summed E-state index contributed by atoms with van der Waals surface area (Å²) >= 11 is 0. The van der Waals surface area contributed by atoms with E-state index in [9.17, 15) is 4.79 Å². The molecular formula is C12H21NO2. The molecule has 15 heavy (non-hydrogen) atoms. The third-order valence-electron chi connectivity index (χ3n) is 2.94. The average molecular weight is 211 g/mol. The fraction of sp³-hybridized carbons (Fsp3) is 0.750. The van der Waals surface area contributed by atoms with Crippen LogP contribution in [0.15, 0.2) is 11.1 Å². The van der Waals surface area contributed by atoms with Crippen molar-refractivity contribution < 1.29 is 9.53 Å². The van der Waals surface area contributed by atoms with Crippen molar-refractivity contribution in [3.8, 4) is 0 Å². The van der Waals surface area contributed by atoms with Crippen LogP contribution >= 0.6 is 0 Å². The zero-order valence-corrected chi connectivity index (χ0v) is 10.2. The van der Waals surface area contributed by atoms with E-state index in [0.29, 0.717) is 12.6 Å². The summed E-state index contributed by atoms with van der Waals surface area (Å²) in [6.45, 7) is 10.5. The van der Waals surface area contributed by atoms with Gasteiger partial charge in [0.25, 0.3) is 0 Å². The van der Waals surface area contributed by atoms with Gasteiger partial charge in [0.15, 0.2) is 0 Å². The average Bonchev–Trinajstić information content (AvgIpc) is 2.65. The second-order valence-corrected chi connectivity index (χ2v) is 4.26. The van der Waals surface area contributed by atoms with Crippen LogP contribution in [-0.4, -0.2) is 36.6 Å². The molecule has 1 aliphatic rings. The number of esters is 1. The summed E-state index contributed by atoms with van der Waals surface area (Å²) in [6.07, 6.45) is 1.00. The fourth-order valence-corrected chi connectivity index (χ4v) is 1.81. The predicted octanol–water partition coefficient (Wildman–Crippen LogP) is 1.98. The summed E-state index contributed by atoms with van der Waals surface area (Å²) in [5.74, 6) is -0.155. The van der Waals surface area contributed by atoms with Crippen molar-refractivity contribution in [1.29, 1.82) is 0 Å². The van der Waals surface area contributed by atoms with E-state index in [1.807, 2.05) is 13.8 Å². The zero-order valence-electron chi connectivity index (χ0n) is 10.2. The van der Waals surface area contributed by atoms with Gasteiger partial charge in [-0.15, -0.1) is 0 Å². The van der Waals surface area contributed by atoms with Gasteiger partial charge in [0.2, 0.25) is 0 Å². The number of rotatable bonds is 3. The quantitative estimate of drug-likeness (QED) is 0.528. The lowest BCUT2D eigenvalue weighted by molar-refractivity contribution is -0.138. The highest BCUT2D eigenvalue weighted by atomic mass is 16.5. The number of ether oxygens (including phenoxy) is 1. The number of hydrogen-bond acceptors (Lipinski definition) is 3. The van der Waals surface area contributed by atoms with Crippen molar-refractivity contribution in [3.63, 3.8) is 0 Å². The van der Waals surface area contributed by atoms with Gasteiger partial charge in [-0.1, -0.05) is 0 Å². The highest BCUT2D eigenvalue weighted by Gasteiger charge is 2.22. The third-order valence-corrected chi connectivity index (χ3v) is 2.94. The minimum atomic E-state index is -0.155. The van der Waals surface area contributed by atoms with Gasteiger partial charge in [0.05, 0.1) is 6.61 Å². The van der Waals surface area contributed by atoms with Crippen LogP contribution in [0.3, 0.4) is 0 Å². The lowest BCUT2D eigenvalue weighted by atomic mass is 10.1. The van der Waals surface area contributed by atoms with E-state index in [-0.39, 0.29) is 5.97 Å². The van der Waals surface area contributed by atoms with Crippen LogP contribution in [-0.2, 0) is 9.53 Å². The number of carbonyl (C=O) groups is 1. The lowest BCUT2D eigenvalue weighted by Crippen LogP contribution is -2.27. The van der Waals surface area contributed by atoms with Gasteiger partial charge in [-0.2, -0.15) is 0 Å². The van der Waals surface area contributed by atoms with Gasteiger partial charge in [0, 0.05) is 24.7 Å². The first-order valence-corrected chi connectivity index (χ1v) is 5.66. The lowest BCUT2D eigenvalue weighted by Gasteiger charge is -2.18. The van der Waals surface area contributed by atoms with Crippen LogP contribution in [0.1, 0.15) is 34.1 Å². The molecule has 1 aliphatic heterocycles. The van der Waals surface area contributed by atoms with Gasteiger partial charge in [-0.25, -0.2) is 4.79 Å². The molecule has 0 amide bonds. The summed E-state index contributed by atoms with van der Waals surface area (Å²) in [5, 5.41) is 0. The molecule has 0 radical (unpaired) electrons. The van der Waals surface area contributed by atoms with Crippen molar-refractivity contribution >= 4 is 5.97 Å². The molecule has 0 aromatic rings. The van der Waals surface area contributed by atoms with Crippen molar-refractivity contribution in [3.05, 3.63) is 11.1 Å². The Labute approximate surface area is 92.1 Å². The highest BCUT2D eigenvalue weighted by molar-refractivity contribution is 5.88. The molecule has 0 N–H and O–H groups in total. The molecule has 1 saturated heterocycles. The van der Waals surface area contributed by atoms with E-state index in [4.69, 9.17) is 4.74 Å². The minimum absolute atomic E-state index is 0.155. The van der Waals surface area contributed by atoms with Gasteiger partial charge in [-0.3, -0.25) is 4.90 Å². The van der Waals surface area contributed by atoms with Crippen molar-refractivity contribution in [2.75, 3.05) is 19.7 Å². The Morgan fingerprint density at radius 3 is 2.67 bits per heavy atom. The fourth-order valence-electron chi connectivity index (χ4n) is 1.81. The van der Waals surface area contributed by atoms with Crippen LogP contribution in [0.5, 0.6) is 0 Å². The minimum Gasteiger partial charge on any atom is -0.463 e. The maximum Gasteiger partial charge on any atom is 0.333 e. The normalized spacial score (nSPS) is 20.9. The molecular weight excluding hydrogens is 190 g/mol. The first-order valence-electron chi connectivity index (χ1n) is 5.66. The maximum absolute atomic E-state index is 11.5. The molecule has 0 aliphatic carbocycles. The van der Waals surface area contributed by atoms with Crippen molar-refractivity contribution in [1.82, 2.24) is 4.90 Å². The smallest absolute Gasteiger partial charge is 0.333 e. The molecule has 3 heteroatoms. The molecule has 1 heterocycles. The molecule has 0 saturated carbocycles. The number of nitrogens with zero attached hydrogens (tertiary/aromatic N) is 1. The van der Waals surface area contributed by atoms with Gasteiger partial charge < -0.3 is 4.74 Å². The van der Waals surface area contributed by atoms with E-state index in [2.05, 4.69) is 18.7 Å². The van der Waals surface area contributed by atoms with E-state index in [0.717, 1.165) is 25.1 Å².